The van der Waals surface area contributed by atoms with Crippen LogP contribution < -0.4 is 0 Å². The van der Waals surface area contributed by atoms with E-state index in [0.717, 1.165) is 23.4 Å². The van der Waals surface area contributed by atoms with E-state index in [1.54, 1.807) is 0 Å². The Labute approximate surface area is 125 Å². The number of hydrogen-bond donors (Lipinski definition) is 1. The first-order chi connectivity index (χ1) is 9.75. The molecule has 1 aromatic heterocycles. The van der Waals surface area contributed by atoms with E-state index < -0.39 is 0 Å². The number of nitrogens with zero attached hydrogens (tertiary/aromatic N) is 1. The van der Waals surface area contributed by atoms with Gasteiger partial charge in [0.25, 0.3) is 0 Å². The van der Waals surface area contributed by atoms with E-state index in [1.165, 1.54) is 43.2 Å². The van der Waals surface area contributed by atoms with Gasteiger partial charge in [-0.05, 0) is 43.6 Å². The Hall–Kier alpha value is -1.13. The molecule has 3 rings (SSSR count). The van der Waals surface area contributed by atoms with Crippen LogP contribution in [0.3, 0.4) is 0 Å². The Bertz CT molecular complexity index is 637. The molecule has 0 radical (unpaired) electrons. The number of hydrogen-bond acceptors (Lipinski definition) is 2. The Balaban J connectivity index is 1.69. The minimum absolute atomic E-state index is 0.463. The summed E-state index contributed by atoms with van der Waals surface area (Å²) in [6.07, 6.45) is 6.90. The second-order valence-corrected chi connectivity index (χ2v) is 6.07. The number of H-pyrrole nitrogens is 1. The van der Waals surface area contributed by atoms with Gasteiger partial charge in [-0.2, -0.15) is 0 Å². The van der Waals surface area contributed by atoms with Crippen LogP contribution in [-0.2, 0) is 11.3 Å². The van der Waals surface area contributed by atoms with Crippen LogP contribution in [-0.4, -0.2) is 22.3 Å². The molecule has 2 aromatic rings. The maximum absolute atomic E-state index is 6.01. The molecule has 20 heavy (non-hydrogen) atoms. The van der Waals surface area contributed by atoms with E-state index in [0.29, 0.717) is 6.10 Å². The van der Waals surface area contributed by atoms with Crippen LogP contribution in [0.4, 0.5) is 0 Å². The topological polar surface area (TPSA) is 29.9 Å². The molecule has 0 atom stereocenters. The molecule has 3 nitrogen and oxygen atoms in total. The Morgan fingerprint density at radius 2 is 2.10 bits per heavy atom. The average molecular weight is 290 g/mol. The molecule has 0 unspecified atom stereocenters. The number of aromatic amines is 1. The van der Waals surface area contributed by atoms with Crippen molar-refractivity contribution in [2.24, 2.45) is 0 Å². The van der Waals surface area contributed by atoms with Crippen molar-refractivity contribution in [1.82, 2.24) is 9.55 Å². The highest BCUT2D eigenvalue weighted by atomic mass is 32.1. The standard InChI is InChI=1S/C16H22N2OS/c1-12-6-5-9-14-15(12)17-16(20)18(14)10-11-19-13-7-3-2-4-8-13/h5-6,9,13H,2-4,7-8,10-11H2,1H3,(H,17,20). The number of rotatable bonds is 4. The summed E-state index contributed by atoms with van der Waals surface area (Å²) in [5.41, 5.74) is 3.57. The molecule has 1 heterocycles. The molecule has 1 aliphatic carbocycles. The number of fused-ring (bicyclic) bond motifs is 1. The lowest BCUT2D eigenvalue weighted by Gasteiger charge is -2.22. The molecular weight excluding hydrogens is 268 g/mol. The Kier molecular flexibility index (Phi) is 4.22. The molecular formula is C16H22N2OS. The summed E-state index contributed by atoms with van der Waals surface area (Å²) in [4.78, 5) is 3.31. The van der Waals surface area contributed by atoms with Crippen LogP contribution in [0.1, 0.15) is 37.7 Å². The third-order valence-electron chi connectivity index (χ3n) is 4.24. The van der Waals surface area contributed by atoms with E-state index in [1.807, 2.05) is 0 Å². The number of para-hydroxylation sites is 1. The monoisotopic (exact) mass is 290 g/mol. The highest BCUT2D eigenvalue weighted by molar-refractivity contribution is 7.71. The summed E-state index contributed by atoms with van der Waals surface area (Å²) in [5, 5.41) is 0. The van der Waals surface area contributed by atoms with Crippen molar-refractivity contribution in [3.05, 3.63) is 28.5 Å². The van der Waals surface area contributed by atoms with Crippen molar-refractivity contribution in [3.8, 4) is 0 Å². The third-order valence-corrected chi connectivity index (χ3v) is 4.56. The smallest absolute Gasteiger partial charge is 0.178 e. The number of imidazole rings is 1. The fourth-order valence-corrected chi connectivity index (χ4v) is 3.38. The van der Waals surface area contributed by atoms with Gasteiger partial charge in [-0.1, -0.05) is 31.4 Å². The molecule has 1 aromatic carbocycles. The van der Waals surface area contributed by atoms with Gasteiger partial charge in [-0.3, -0.25) is 0 Å². The molecule has 1 saturated carbocycles. The zero-order chi connectivity index (χ0) is 13.9. The van der Waals surface area contributed by atoms with E-state index in [9.17, 15) is 0 Å². The molecule has 108 valence electrons. The van der Waals surface area contributed by atoms with Crippen LogP contribution >= 0.6 is 12.2 Å². The molecule has 1 fully saturated rings. The van der Waals surface area contributed by atoms with Gasteiger partial charge < -0.3 is 14.3 Å². The summed E-state index contributed by atoms with van der Waals surface area (Å²) in [6, 6.07) is 6.31. The van der Waals surface area contributed by atoms with Crippen molar-refractivity contribution in [2.45, 2.75) is 51.7 Å². The molecule has 0 saturated heterocycles. The molecule has 0 amide bonds. The fourth-order valence-electron chi connectivity index (χ4n) is 3.09. The van der Waals surface area contributed by atoms with Crippen molar-refractivity contribution >= 4 is 23.3 Å². The third kappa shape index (κ3) is 2.81. The first-order valence-corrected chi connectivity index (χ1v) is 7.96. The number of aryl methyl sites for hydroxylation is 1. The number of nitrogens with one attached hydrogen (secondary N) is 1. The minimum atomic E-state index is 0.463. The quantitative estimate of drug-likeness (QED) is 0.848. The minimum Gasteiger partial charge on any atom is -0.376 e. The first-order valence-electron chi connectivity index (χ1n) is 7.55. The Morgan fingerprint density at radius 1 is 1.30 bits per heavy atom. The zero-order valence-electron chi connectivity index (χ0n) is 12.0. The normalized spacial score (nSPS) is 16.9. The average Bonchev–Trinajstić information content (AvgIpc) is 2.78. The highest BCUT2D eigenvalue weighted by Gasteiger charge is 2.13. The summed E-state index contributed by atoms with van der Waals surface area (Å²) in [7, 11) is 0. The van der Waals surface area contributed by atoms with Gasteiger partial charge in [0.05, 0.1) is 23.7 Å². The molecule has 0 bridgehead atoms. The fraction of sp³-hybridized carbons (Fsp3) is 0.562. The second kappa shape index (κ2) is 6.10. The van der Waals surface area contributed by atoms with Crippen LogP contribution in [0.2, 0.25) is 0 Å². The van der Waals surface area contributed by atoms with Crippen molar-refractivity contribution in [3.63, 3.8) is 0 Å². The van der Waals surface area contributed by atoms with Gasteiger partial charge in [-0.25, -0.2) is 0 Å². The van der Waals surface area contributed by atoms with Gasteiger partial charge in [0, 0.05) is 6.54 Å². The van der Waals surface area contributed by atoms with Gasteiger partial charge in [0.2, 0.25) is 0 Å². The zero-order valence-corrected chi connectivity index (χ0v) is 12.8. The predicted molar refractivity (Wildman–Crippen MR) is 84.7 cm³/mol. The van der Waals surface area contributed by atoms with Crippen LogP contribution in [0, 0.1) is 11.7 Å². The maximum atomic E-state index is 6.01. The SMILES string of the molecule is Cc1cccc2c1[nH]c(=S)n2CCOC1CCCCC1. The molecule has 1 aliphatic rings. The lowest BCUT2D eigenvalue weighted by molar-refractivity contribution is 0.0243. The second-order valence-electron chi connectivity index (χ2n) is 5.68. The van der Waals surface area contributed by atoms with Gasteiger partial charge >= 0.3 is 0 Å². The van der Waals surface area contributed by atoms with Gasteiger partial charge in [0.1, 0.15) is 0 Å². The predicted octanol–water partition coefficient (Wildman–Crippen LogP) is 4.36. The van der Waals surface area contributed by atoms with Crippen LogP contribution in [0.5, 0.6) is 0 Å². The summed E-state index contributed by atoms with van der Waals surface area (Å²) in [5.74, 6) is 0. The lowest BCUT2D eigenvalue weighted by Crippen LogP contribution is -2.19. The first kappa shape index (κ1) is 13.8. The van der Waals surface area contributed by atoms with Crippen LogP contribution in [0.25, 0.3) is 11.0 Å². The largest absolute Gasteiger partial charge is 0.376 e. The van der Waals surface area contributed by atoms with E-state index >= 15 is 0 Å². The summed E-state index contributed by atoms with van der Waals surface area (Å²) in [6.45, 7) is 3.69. The molecule has 4 heteroatoms. The molecule has 0 spiro atoms. The number of aromatic nitrogens is 2. The van der Waals surface area contributed by atoms with E-state index in [-0.39, 0.29) is 0 Å². The Morgan fingerprint density at radius 3 is 2.90 bits per heavy atom. The number of benzene rings is 1. The van der Waals surface area contributed by atoms with Crippen molar-refractivity contribution in [2.75, 3.05) is 6.61 Å². The lowest BCUT2D eigenvalue weighted by atomic mass is 9.98. The van der Waals surface area contributed by atoms with Crippen molar-refractivity contribution < 1.29 is 4.74 Å². The van der Waals surface area contributed by atoms with Crippen molar-refractivity contribution in [1.29, 1.82) is 0 Å². The molecule has 0 aliphatic heterocycles. The van der Waals surface area contributed by atoms with Gasteiger partial charge in [-0.15, -0.1) is 0 Å². The summed E-state index contributed by atoms with van der Waals surface area (Å²) < 4.78 is 8.96. The highest BCUT2D eigenvalue weighted by Crippen LogP contribution is 2.21. The van der Waals surface area contributed by atoms with E-state index in [4.69, 9.17) is 17.0 Å². The van der Waals surface area contributed by atoms with Crippen LogP contribution in [0.15, 0.2) is 18.2 Å². The summed E-state index contributed by atoms with van der Waals surface area (Å²) >= 11 is 5.43. The maximum Gasteiger partial charge on any atom is 0.178 e. The number of ether oxygens (including phenoxy) is 1. The molecule has 1 N–H and O–H groups in total. The van der Waals surface area contributed by atoms with Gasteiger partial charge in [0.15, 0.2) is 4.77 Å². The van der Waals surface area contributed by atoms with E-state index in [2.05, 4.69) is 34.7 Å².